The summed E-state index contributed by atoms with van der Waals surface area (Å²) in [6, 6.07) is 1.79. The molecule has 0 radical (unpaired) electrons. The summed E-state index contributed by atoms with van der Waals surface area (Å²) >= 11 is 3.13. The third-order valence-corrected chi connectivity index (χ3v) is 4.61. The van der Waals surface area contributed by atoms with Crippen molar-refractivity contribution in [2.75, 3.05) is 24.2 Å². The molecular formula is C9H11NO2S2. The van der Waals surface area contributed by atoms with Crippen LogP contribution in [0, 0.1) is 0 Å². The molecule has 76 valence electrons. The van der Waals surface area contributed by atoms with Gasteiger partial charge in [-0.05, 0) is 18.2 Å². The number of anilines is 1. The molecule has 1 aromatic heterocycles. The van der Waals surface area contributed by atoms with E-state index in [1.807, 2.05) is 7.05 Å². The van der Waals surface area contributed by atoms with Crippen LogP contribution in [-0.4, -0.2) is 30.4 Å². The van der Waals surface area contributed by atoms with Gasteiger partial charge >= 0.3 is 5.97 Å². The molecule has 2 rings (SSSR count). The average molecular weight is 229 g/mol. The van der Waals surface area contributed by atoms with Gasteiger partial charge in [-0.15, -0.1) is 23.1 Å². The van der Waals surface area contributed by atoms with Gasteiger partial charge in [-0.25, -0.2) is 4.79 Å². The molecule has 1 N–H and O–H groups in total. The van der Waals surface area contributed by atoms with Crippen molar-refractivity contribution in [1.29, 1.82) is 0 Å². The Bertz CT molecular complexity index is 362. The summed E-state index contributed by atoms with van der Waals surface area (Å²) in [6.07, 6.45) is 1.16. The highest BCUT2D eigenvalue weighted by Crippen LogP contribution is 2.40. The first-order valence-electron chi connectivity index (χ1n) is 4.39. The van der Waals surface area contributed by atoms with E-state index in [2.05, 4.69) is 4.90 Å². The van der Waals surface area contributed by atoms with Gasteiger partial charge in [-0.1, -0.05) is 0 Å². The van der Waals surface area contributed by atoms with Crippen LogP contribution in [0.25, 0.3) is 0 Å². The fourth-order valence-corrected chi connectivity index (χ4v) is 3.65. The predicted molar refractivity (Wildman–Crippen MR) is 59.9 cm³/mol. The van der Waals surface area contributed by atoms with Crippen molar-refractivity contribution in [1.82, 2.24) is 0 Å². The Kier molecular flexibility index (Phi) is 2.69. The van der Waals surface area contributed by atoms with Crippen molar-refractivity contribution in [3.8, 4) is 0 Å². The fraction of sp³-hybridized carbons (Fsp3) is 0.444. The number of rotatable bonds is 1. The van der Waals surface area contributed by atoms with E-state index in [-0.39, 0.29) is 0 Å². The molecule has 0 saturated heterocycles. The van der Waals surface area contributed by atoms with Crippen LogP contribution in [0.5, 0.6) is 0 Å². The predicted octanol–water partition coefficient (Wildman–Crippen LogP) is 2.38. The SMILES string of the molecule is CN1CCCSc2cc(C(=O)O)sc21. The van der Waals surface area contributed by atoms with E-state index in [1.165, 1.54) is 11.3 Å². The van der Waals surface area contributed by atoms with Crippen molar-refractivity contribution < 1.29 is 9.90 Å². The number of hydrogen-bond acceptors (Lipinski definition) is 4. The standard InChI is InChI=1S/C9H11NO2S2/c1-10-3-2-4-13-6-5-7(9(11)12)14-8(6)10/h5H,2-4H2,1H3,(H,11,12). The van der Waals surface area contributed by atoms with Gasteiger partial charge in [-0.2, -0.15) is 0 Å². The molecular weight excluding hydrogens is 218 g/mol. The molecule has 0 amide bonds. The summed E-state index contributed by atoms with van der Waals surface area (Å²) < 4.78 is 0. The maximum atomic E-state index is 10.8. The first-order valence-corrected chi connectivity index (χ1v) is 6.20. The molecule has 0 atom stereocenters. The minimum absolute atomic E-state index is 0.441. The summed E-state index contributed by atoms with van der Waals surface area (Å²) in [5.41, 5.74) is 0. The quantitative estimate of drug-likeness (QED) is 0.802. The molecule has 0 spiro atoms. The minimum atomic E-state index is -0.822. The van der Waals surface area contributed by atoms with Crippen molar-refractivity contribution >= 4 is 34.1 Å². The molecule has 1 aliphatic rings. The fourth-order valence-electron chi connectivity index (χ4n) is 1.42. The van der Waals surface area contributed by atoms with Crippen LogP contribution < -0.4 is 4.90 Å². The molecule has 0 bridgehead atoms. The van der Waals surface area contributed by atoms with Gasteiger partial charge in [0, 0.05) is 18.5 Å². The topological polar surface area (TPSA) is 40.5 Å². The maximum absolute atomic E-state index is 10.8. The van der Waals surface area contributed by atoms with Gasteiger partial charge in [0.2, 0.25) is 0 Å². The third-order valence-electron chi connectivity index (χ3n) is 2.13. The largest absolute Gasteiger partial charge is 0.477 e. The number of hydrogen-bond donors (Lipinski definition) is 1. The molecule has 1 aliphatic heterocycles. The van der Waals surface area contributed by atoms with Crippen molar-refractivity contribution in [3.05, 3.63) is 10.9 Å². The van der Waals surface area contributed by atoms with E-state index in [4.69, 9.17) is 5.11 Å². The molecule has 0 aromatic carbocycles. The first-order chi connectivity index (χ1) is 6.68. The van der Waals surface area contributed by atoms with Gasteiger partial charge < -0.3 is 10.0 Å². The number of carboxylic acids is 1. The molecule has 2 heterocycles. The zero-order valence-electron chi connectivity index (χ0n) is 7.82. The Morgan fingerprint density at radius 2 is 2.43 bits per heavy atom. The number of carbonyl (C=O) groups is 1. The second-order valence-electron chi connectivity index (χ2n) is 3.21. The van der Waals surface area contributed by atoms with E-state index < -0.39 is 5.97 Å². The second kappa shape index (κ2) is 3.82. The average Bonchev–Trinajstić information content (AvgIpc) is 2.49. The van der Waals surface area contributed by atoms with Crippen LogP contribution >= 0.6 is 23.1 Å². The highest BCUT2D eigenvalue weighted by atomic mass is 32.2. The van der Waals surface area contributed by atoms with Crippen LogP contribution in [-0.2, 0) is 0 Å². The number of thiophene rings is 1. The van der Waals surface area contributed by atoms with Crippen LogP contribution in [0.3, 0.4) is 0 Å². The zero-order chi connectivity index (χ0) is 10.1. The van der Waals surface area contributed by atoms with Gasteiger partial charge in [0.25, 0.3) is 0 Å². The number of thioether (sulfide) groups is 1. The van der Waals surface area contributed by atoms with Gasteiger partial charge in [-0.3, -0.25) is 0 Å². The lowest BCUT2D eigenvalue weighted by Crippen LogP contribution is -2.16. The highest BCUT2D eigenvalue weighted by Gasteiger charge is 2.19. The molecule has 0 saturated carbocycles. The summed E-state index contributed by atoms with van der Waals surface area (Å²) in [5, 5.41) is 9.98. The van der Waals surface area contributed by atoms with Gasteiger partial charge in [0.05, 0.1) is 0 Å². The smallest absolute Gasteiger partial charge is 0.345 e. The maximum Gasteiger partial charge on any atom is 0.345 e. The van der Waals surface area contributed by atoms with Crippen LogP contribution in [0.4, 0.5) is 5.00 Å². The molecule has 0 unspecified atom stereocenters. The van der Waals surface area contributed by atoms with E-state index in [0.717, 1.165) is 28.6 Å². The Morgan fingerprint density at radius 3 is 3.14 bits per heavy atom. The lowest BCUT2D eigenvalue weighted by Gasteiger charge is -2.14. The second-order valence-corrected chi connectivity index (χ2v) is 5.38. The first kappa shape index (κ1) is 9.86. The van der Waals surface area contributed by atoms with Crippen molar-refractivity contribution in [3.63, 3.8) is 0 Å². The van der Waals surface area contributed by atoms with Gasteiger partial charge in [0.15, 0.2) is 0 Å². The Hall–Kier alpha value is -0.680. The van der Waals surface area contributed by atoms with Crippen molar-refractivity contribution in [2.45, 2.75) is 11.3 Å². The number of aromatic carboxylic acids is 1. The lowest BCUT2D eigenvalue weighted by atomic mass is 10.4. The number of fused-ring (bicyclic) bond motifs is 1. The van der Waals surface area contributed by atoms with E-state index >= 15 is 0 Å². The Morgan fingerprint density at radius 1 is 1.64 bits per heavy atom. The molecule has 14 heavy (non-hydrogen) atoms. The highest BCUT2D eigenvalue weighted by molar-refractivity contribution is 7.99. The normalized spacial score (nSPS) is 16.2. The summed E-state index contributed by atoms with van der Waals surface area (Å²) in [7, 11) is 2.02. The van der Waals surface area contributed by atoms with Crippen LogP contribution in [0.15, 0.2) is 11.0 Å². The molecule has 1 aromatic rings. The van der Waals surface area contributed by atoms with Crippen LogP contribution in [0.1, 0.15) is 16.1 Å². The van der Waals surface area contributed by atoms with Gasteiger partial charge in [0.1, 0.15) is 9.88 Å². The minimum Gasteiger partial charge on any atom is -0.477 e. The van der Waals surface area contributed by atoms with E-state index in [0.29, 0.717) is 4.88 Å². The molecule has 0 aliphatic carbocycles. The van der Waals surface area contributed by atoms with E-state index in [1.54, 1.807) is 17.8 Å². The molecule has 0 fully saturated rings. The summed E-state index contributed by atoms with van der Waals surface area (Å²) in [4.78, 5) is 14.5. The third kappa shape index (κ3) is 1.74. The Labute approximate surface area is 90.7 Å². The Balaban J connectivity index is 2.38. The van der Waals surface area contributed by atoms with Crippen LogP contribution in [0.2, 0.25) is 0 Å². The zero-order valence-corrected chi connectivity index (χ0v) is 9.45. The lowest BCUT2D eigenvalue weighted by molar-refractivity contribution is 0.0702. The van der Waals surface area contributed by atoms with E-state index in [9.17, 15) is 4.79 Å². The summed E-state index contributed by atoms with van der Waals surface area (Å²) in [5.74, 6) is 0.254. The molecule has 3 nitrogen and oxygen atoms in total. The van der Waals surface area contributed by atoms with Crippen molar-refractivity contribution in [2.24, 2.45) is 0 Å². The number of nitrogens with zero attached hydrogens (tertiary/aromatic N) is 1. The summed E-state index contributed by atoms with van der Waals surface area (Å²) in [6.45, 7) is 1.01. The monoisotopic (exact) mass is 229 g/mol. The molecule has 5 heteroatoms. The number of carboxylic acid groups (broad SMARTS) is 1.